The van der Waals surface area contributed by atoms with Gasteiger partial charge in [-0.2, -0.15) is 0 Å². The van der Waals surface area contributed by atoms with E-state index in [1.165, 1.54) is 16.7 Å². The number of methoxy groups -OCH3 is 1. The van der Waals surface area contributed by atoms with Gasteiger partial charge in [0.25, 0.3) is 0 Å². The number of ether oxygens (including phenoxy) is 1. The van der Waals surface area contributed by atoms with Crippen LogP contribution in [0.25, 0.3) is 11.1 Å². The summed E-state index contributed by atoms with van der Waals surface area (Å²) >= 11 is 0. The molecular formula is C15H17NO. The Morgan fingerprint density at radius 3 is 2.35 bits per heavy atom. The minimum atomic E-state index is 0.674. The fraction of sp³-hybridized carbons (Fsp3) is 0.200. The van der Waals surface area contributed by atoms with E-state index in [1.807, 2.05) is 12.1 Å². The SMILES string of the molecule is COc1ccc(-c2ccccc2CCN)cc1. The molecule has 88 valence electrons. The zero-order valence-electron chi connectivity index (χ0n) is 10.0. The van der Waals surface area contributed by atoms with E-state index in [1.54, 1.807) is 7.11 Å². The first-order valence-electron chi connectivity index (χ1n) is 5.77. The molecule has 0 saturated heterocycles. The predicted molar refractivity (Wildman–Crippen MR) is 71.2 cm³/mol. The van der Waals surface area contributed by atoms with Crippen molar-refractivity contribution in [3.63, 3.8) is 0 Å². The van der Waals surface area contributed by atoms with Gasteiger partial charge in [-0.3, -0.25) is 0 Å². The lowest BCUT2D eigenvalue weighted by Gasteiger charge is -2.09. The van der Waals surface area contributed by atoms with Crippen molar-refractivity contribution in [2.24, 2.45) is 5.73 Å². The van der Waals surface area contributed by atoms with Crippen LogP contribution in [-0.4, -0.2) is 13.7 Å². The molecular weight excluding hydrogens is 210 g/mol. The number of nitrogens with two attached hydrogens (primary N) is 1. The number of rotatable bonds is 4. The van der Waals surface area contributed by atoms with E-state index in [9.17, 15) is 0 Å². The lowest BCUT2D eigenvalue weighted by molar-refractivity contribution is 0.415. The topological polar surface area (TPSA) is 35.2 Å². The Hall–Kier alpha value is -1.80. The van der Waals surface area contributed by atoms with Crippen molar-refractivity contribution in [3.05, 3.63) is 54.1 Å². The van der Waals surface area contributed by atoms with Crippen LogP contribution in [0.1, 0.15) is 5.56 Å². The third kappa shape index (κ3) is 2.66. The highest BCUT2D eigenvalue weighted by Gasteiger charge is 2.03. The molecule has 0 aliphatic heterocycles. The van der Waals surface area contributed by atoms with Gasteiger partial charge in [-0.25, -0.2) is 0 Å². The second kappa shape index (κ2) is 5.51. The van der Waals surface area contributed by atoms with E-state index in [2.05, 4.69) is 36.4 Å². The van der Waals surface area contributed by atoms with Gasteiger partial charge in [-0.15, -0.1) is 0 Å². The van der Waals surface area contributed by atoms with Crippen molar-refractivity contribution in [2.75, 3.05) is 13.7 Å². The summed E-state index contributed by atoms with van der Waals surface area (Å²) in [7, 11) is 1.68. The summed E-state index contributed by atoms with van der Waals surface area (Å²) in [6.07, 6.45) is 0.905. The van der Waals surface area contributed by atoms with Gasteiger partial charge in [-0.1, -0.05) is 36.4 Å². The summed E-state index contributed by atoms with van der Waals surface area (Å²) in [5.74, 6) is 0.880. The normalized spacial score (nSPS) is 10.2. The standard InChI is InChI=1S/C15H17NO/c1-17-14-8-6-13(7-9-14)15-5-3-2-4-12(15)10-11-16/h2-9H,10-11,16H2,1H3. The summed E-state index contributed by atoms with van der Waals surface area (Å²) in [6.45, 7) is 0.674. The molecule has 2 N–H and O–H groups in total. The van der Waals surface area contributed by atoms with Crippen LogP contribution in [-0.2, 0) is 6.42 Å². The van der Waals surface area contributed by atoms with E-state index < -0.39 is 0 Å². The van der Waals surface area contributed by atoms with Gasteiger partial charge < -0.3 is 10.5 Å². The van der Waals surface area contributed by atoms with Gasteiger partial charge in [0, 0.05) is 0 Å². The van der Waals surface area contributed by atoms with Gasteiger partial charge in [0.2, 0.25) is 0 Å². The first-order chi connectivity index (χ1) is 8.35. The van der Waals surface area contributed by atoms with Crippen LogP contribution in [0.3, 0.4) is 0 Å². The molecule has 0 unspecified atom stereocenters. The van der Waals surface area contributed by atoms with Crippen molar-refractivity contribution in [3.8, 4) is 16.9 Å². The van der Waals surface area contributed by atoms with E-state index in [4.69, 9.17) is 10.5 Å². The zero-order chi connectivity index (χ0) is 12.1. The van der Waals surface area contributed by atoms with Crippen molar-refractivity contribution >= 4 is 0 Å². The summed E-state index contributed by atoms with van der Waals surface area (Å²) in [5, 5.41) is 0. The maximum Gasteiger partial charge on any atom is 0.118 e. The lowest BCUT2D eigenvalue weighted by Crippen LogP contribution is -2.03. The minimum absolute atomic E-state index is 0.674. The average molecular weight is 227 g/mol. The Balaban J connectivity index is 2.37. The van der Waals surface area contributed by atoms with Crippen LogP contribution < -0.4 is 10.5 Å². The molecule has 0 amide bonds. The molecule has 2 aromatic carbocycles. The van der Waals surface area contributed by atoms with Crippen molar-refractivity contribution in [1.29, 1.82) is 0 Å². The fourth-order valence-electron chi connectivity index (χ4n) is 1.95. The third-order valence-corrected chi connectivity index (χ3v) is 2.83. The maximum atomic E-state index is 5.63. The monoisotopic (exact) mass is 227 g/mol. The van der Waals surface area contributed by atoms with Gasteiger partial charge in [-0.05, 0) is 41.8 Å². The van der Waals surface area contributed by atoms with Crippen LogP contribution in [0.2, 0.25) is 0 Å². The molecule has 0 spiro atoms. The highest BCUT2D eigenvalue weighted by Crippen LogP contribution is 2.25. The van der Waals surface area contributed by atoms with E-state index in [0.29, 0.717) is 6.54 Å². The summed E-state index contributed by atoms with van der Waals surface area (Å²) in [6, 6.07) is 16.5. The van der Waals surface area contributed by atoms with Crippen molar-refractivity contribution < 1.29 is 4.74 Å². The fourth-order valence-corrected chi connectivity index (χ4v) is 1.95. The Bertz CT molecular complexity index is 477. The second-order valence-electron chi connectivity index (χ2n) is 3.92. The highest BCUT2D eigenvalue weighted by molar-refractivity contribution is 5.68. The third-order valence-electron chi connectivity index (χ3n) is 2.83. The summed E-state index contributed by atoms with van der Waals surface area (Å²) in [5.41, 5.74) is 9.38. The molecule has 0 heterocycles. The van der Waals surface area contributed by atoms with E-state index in [0.717, 1.165) is 12.2 Å². The molecule has 2 aromatic rings. The molecule has 0 bridgehead atoms. The Morgan fingerprint density at radius 1 is 1.00 bits per heavy atom. The van der Waals surface area contributed by atoms with Crippen LogP contribution in [0.4, 0.5) is 0 Å². The zero-order valence-corrected chi connectivity index (χ0v) is 10.0. The molecule has 0 atom stereocenters. The Morgan fingerprint density at radius 2 is 1.71 bits per heavy atom. The van der Waals surface area contributed by atoms with E-state index >= 15 is 0 Å². The van der Waals surface area contributed by atoms with Crippen LogP contribution in [0.5, 0.6) is 5.75 Å². The van der Waals surface area contributed by atoms with Gasteiger partial charge >= 0.3 is 0 Å². The average Bonchev–Trinajstić information content (AvgIpc) is 2.40. The summed E-state index contributed by atoms with van der Waals surface area (Å²) < 4.78 is 5.16. The van der Waals surface area contributed by atoms with Crippen LogP contribution in [0, 0.1) is 0 Å². The minimum Gasteiger partial charge on any atom is -0.497 e. The number of benzene rings is 2. The molecule has 0 aromatic heterocycles. The van der Waals surface area contributed by atoms with Gasteiger partial charge in [0.05, 0.1) is 7.11 Å². The molecule has 0 fully saturated rings. The van der Waals surface area contributed by atoms with Gasteiger partial charge in [0.1, 0.15) is 5.75 Å². The number of hydrogen-bond acceptors (Lipinski definition) is 2. The smallest absolute Gasteiger partial charge is 0.118 e. The molecule has 0 saturated carbocycles. The maximum absolute atomic E-state index is 5.63. The lowest BCUT2D eigenvalue weighted by atomic mass is 9.98. The first kappa shape index (κ1) is 11.7. The first-order valence-corrected chi connectivity index (χ1v) is 5.77. The molecule has 2 nitrogen and oxygen atoms in total. The number of hydrogen-bond donors (Lipinski definition) is 1. The van der Waals surface area contributed by atoms with Gasteiger partial charge in [0.15, 0.2) is 0 Å². The molecule has 2 rings (SSSR count). The quantitative estimate of drug-likeness (QED) is 0.871. The highest BCUT2D eigenvalue weighted by atomic mass is 16.5. The van der Waals surface area contributed by atoms with Crippen molar-refractivity contribution in [1.82, 2.24) is 0 Å². The molecule has 0 radical (unpaired) electrons. The summed E-state index contributed by atoms with van der Waals surface area (Å²) in [4.78, 5) is 0. The molecule has 0 aliphatic rings. The second-order valence-corrected chi connectivity index (χ2v) is 3.92. The largest absolute Gasteiger partial charge is 0.497 e. The molecule has 17 heavy (non-hydrogen) atoms. The molecule has 0 aliphatic carbocycles. The van der Waals surface area contributed by atoms with E-state index in [-0.39, 0.29) is 0 Å². The van der Waals surface area contributed by atoms with Crippen molar-refractivity contribution in [2.45, 2.75) is 6.42 Å². The van der Waals surface area contributed by atoms with Crippen LogP contribution in [0.15, 0.2) is 48.5 Å². The Kier molecular flexibility index (Phi) is 3.78. The van der Waals surface area contributed by atoms with Crippen LogP contribution >= 0.6 is 0 Å². The molecule has 2 heteroatoms. The predicted octanol–water partition coefficient (Wildman–Crippen LogP) is 2.86. The Labute approximate surface area is 102 Å².